The Morgan fingerprint density at radius 3 is 2.18 bits per heavy atom. The van der Waals surface area contributed by atoms with Gasteiger partial charge in [0.15, 0.2) is 5.78 Å². The second-order valence-corrected chi connectivity index (χ2v) is 9.82. The number of Topliss-reactive ketones (excluding diaryl/α,β-unsaturated/α-hetero) is 2. The number of carbonyl (C=O) groups excluding carboxylic acids is 3. The van der Waals surface area contributed by atoms with Crippen LogP contribution in [-0.4, -0.2) is 41.2 Å². The first kappa shape index (κ1) is 27.0. The summed E-state index contributed by atoms with van der Waals surface area (Å²) in [5.74, 6) is -0.445. The lowest BCUT2D eigenvalue weighted by molar-refractivity contribution is -0.139. The van der Waals surface area contributed by atoms with Gasteiger partial charge in [-0.15, -0.1) is 0 Å². The number of carboxylic acids is 1. The normalized spacial score (nSPS) is 17.1. The lowest BCUT2D eigenvalue weighted by atomic mass is 9.83. The smallest absolute Gasteiger partial charge is 0.303 e. The predicted octanol–water partition coefficient (Wildman–Crippen LogP) is 5.60. The van der Waals surface area contributed by atoms with Gasteiger partial charge < -0.3 is 15.2 Å². The zero-order valence-electron chi connectivity index (χ0n) is 21.4. The molecule has 0 spiro atoms. The molecule has 1 fully saturated rings. The Bertz CT molecular complexity index is 1290. The molecular formula is C31H33NO6. The van der Waals surface area contributed by atoms with E-state index in [1.54, 1.807) is 30.3 Å². The van der Waals surface area contributed by atoms with Crippen LogP contribution in [0.1, 0.15) is 72.1 Å². The van der Waals surface area contributed by atoms with Gasteiger partial charge in [-0.25, -0.2) is 0 Å². The lowest BCUT2D eigenvalue weighted by Crippen LogP contribution is -2.28. The molecule has 0 heterocycles. The van der Waals surface area contributed by atoms with Crippen molar-refractivity contribution >= 4 is 34.2 Å². The molecule has 198 valence electrons. The van der Waals surface area contributed by atoms with Crippen molar-refractivity contribution in [2.75, 3.05) is 6.54 Å². The second-order valence-electron chi connectivity index (χ2n) is 9.82. The van der Waals surface area contributed by atoms with E-state index in [1.807, 2.05) is 36.4 Å². The number of carboxylic acid groups (broad SMARTS) is 1. The lowest BCUT2D eigenvalue weighted by Gasteiger charge is -2.28. The molecule has 0 saturated heterocycles. The van der Waals surface area contributed by atoms with Gasteiger partial charge in [-0.05, 0) is 79.3 Å². The summed E-state index contributed by atoms with van der Waals surface area (Å²) in [6.45, 7) is 0.417. The van der Waals surface area contributed by atoms with Crippen molar-refractivity contribution in [2.24, 2.45) is 5.92 Å². The van der Waals surface area contributed by atoms with E-state index in [2.05, 4.69) is 5.32 Å². The van der Waals surface area contributed by atoms with E-state index < -0.39 is 5.97 Å². The van der Waals surface area contributed by atoms with E-state index in [9.17, 15) is 19.2 Å². The van der Waals surface area contributed by atoms with Gasteiger partial charge in [0.25, 0.3) is 5.91 Å². The highest BCUT2D eigenvalue weighted by atomic mass is 16.5. The largest absolute Gasteiger partial charge is 0.490 e. The fourth-order valence-corrected chi connectivity index (χ4v) is 4.88. The molecule has 7 nitrogen and oxygen atoms in total. The Balaban J connectivity index is 1.16. The number of fused-ring (bicyclic) bond motifs is 1. The first-order valence-electron chi connectivity index (χ1n) is 13.2. The van der Waals surface area contributed by atoms with Gasteiger partial charge in [0.05, 0.1) is 12.5 Å². The highest BCUT2D eigenvalue weighted by Crippen LogP contribution is 2.29. The molecule has 0 aromatic heterocycles. The van der Waals surface area contributed by atoms with Gasteiger partial charge in [-0.1, -0.05) is 30.3 Å². The van der Waals surface area contributed by atoms with Crippen LogP contribution in [-0.2, 0) is 9.59 Å². The summed E-state index contributed by atoms with van der Waals surface area (Å²) in [4.78, 5) is 47.9. The van der Waals surface area contributed by atoms with Crippen LogP contribution < -0.4 is 10.1 Å². The fourth-order valence-electron chi connectivity index (χ4n) is 4.88. The summed E-state index contributed by atoms with van der Waals surface area (Å²) >= 11 is 0. The van der Waals surface area contributed by atoms with Crippen molar-refractivity contribution in [2.45, 2.75) is 57.5 Å². The van der Waals surface area contributed by atoms with Gasteiger partial charge in [0, 0.05) is 36.4 Å². The first-order valence-corrected chi connectivity index (χ1v) is 13.2. The van der Waals surface area contributed by atoms with Crippen molar-refractivity contribution in [1.82, 2.24) is 5.32 Å². The highest BCUT2D eigenvalue weighted by Gasteiger charge is 2.27. The maximum Gasteiger partial charge on any atom is 0.303 e. The number of aliphatic carboxylic acids is 1. The van der Waals surface area contributed by atoms with Gasteiger partial charge >= 0.3 is 5.97 Å². The van der Waals surface area contributed by atoms with E-state index in [1.165, 1.54) is 0 Å². The topological polar surface area (TPSA) is 110 Å². The maximum absolute atomic E-state index is 12.6. The zero-order valence-corrected chi connectivity index (χ0v) is 21.4. The van der Waals surface area contributed by atoms with Gasteiger partial charge in [0.2, 0.25) is 0 Å². The average Bonchev–Trinajstić information content (AvgIpc) is 2.94. The molecule has 0 bridgehead atoms. The Kier molecular flexibility index (Phi) is 9.25. The number of benzene rings is 3. The number of amides is 1. The minimum absolute atomic E-state index is 0.00582. The number of rotatable bonds is 12. The first-order chi connectivity index (χ1) is 18.4. The summed E-state index contributed by atoms with van der Waals surface area (Å²) in [7, 11) is 0. The monoisotopic (exact) mass is 515 g/mol. The minimum atomic E-state index is -0.943. The summed E-state index contributed by atoms with van der Waals surface area (Å²) in [5.41, 5.74) is 1.20. The van der Waals surface area contributed by atoms with Crippen LogP contribution in [0.4, 0.5) is 0 Å². The molecule has 4 rings (SSSR count). The molecule has 1 aliphatic rings. The highest BCUT2D eigenvalue weighted by molar-refractivity contribution is 5.99. The van der Waals surface area contributed by atoms with Crippen molar-refractivity contribution < 1.29 is 29.0 Å². The molecule has 0 aliphatic heterocycles. The summed E-state index contributed by atoms with van der Waals surface area (Å²) in [5, 5.41) is 13.7. The van der Waals surface area contributed by atoms with Gasteiger partial charge in [0.1, 0.15) is 11.5 Å². The molecule has 2 N–H and O–H groups in total. The zero-order chi connectivity index (χ0) is 26.9. The van der Waals surface area contributed by atoms with Crippen LogP contribution in [0.2, 0.25) is 0 Å². The number of ether oxygens (including phenoxy) is 1. The third-order valence-corrected chi connectivity index (χ3v) is 7.07. The average molecular weight is 516 g/mol. The molecule has 3 aromatic carbocycles. The molecule has 1 aliphatic carbocycles. The number of carbonyl (C=O) groups is 4. The molecule has 38 heavy (non-hydrogen) atoms. The van der Waals surface area contributed by atoms with Crippen molar-refractivity contribution in [3.8, 4) is 5.75 Å². The Hall–Kier alpha value is -4.00. The SMILES string of the molecule is O=C(O)CCC(=O)C1CCC(Oc2ccc(C(=O)CCCNC(=O)c3ccc4ccccc4c3)cc2)CC1. The van der Waals surface area contributed by atoms with Crippen LogP contribution >= 0.6 is 0 Å². The van der Waals surface area contributed by atoms with Gasteiger partial charge in [-0.2, -0.15) is 0 Å². The minimum Gasteiger partial charge on any atom is -0.490 e. The molecule has 1 amide bonds. The van der Waals surface area contributed by atoms with E-state index in [0.29, 0.717) is 49.1 Å². The van der Waals surface area contributed by atoms with Gasteiger partial charge in [-0.3, -0.25) is 19.2 Å². The molecule has 0 unspecified atom stereocenters. The van der Waals surface area contributed by atoms with Crippen molar-refractivity contribution in [3.05, 3.63) is 77.9 Å². The summed E-state index contributed by atoms with van der Waals surface area (Å²) < 4.78 is 6.05. The van der Waals surface area contributed by atoms with Crippen LogP contribution in [0.15, 0.2) is 66.7 Å². The van der Waals surface area contributed by atoms with Crippen molar-refractivity contribution in [1.29, 1.82) is 0 Å². The van der Waals surface area contributed by atoms with Crippen LogP contribution in [0.5, 0.6) is 5.75 Å². The molecule has 0 radical (unpaired) electrons. The third-order valence-electron chi connectivity index (χ3n) is 7.07. The van der Waals surface area contributed by atoms with E-state index in [0.717, 1.165) is 23.6 Å². The summed E-state index contributed by atoms with van der Waals surface area (Å²) in [6, 6.07) is 20.6. The summed E-state index contributed by atoms with van der Waals surface area (Å²) in [6.07, 6.45) is 3.77. The Morgan fingerprint density at radius 2 is 1.47 bits per heavy atom. The van der Waals surface area contributed by atoms with Crippen LogP contribution in [0.3, 0.4) is 0 Å². The molecule has 0 atom stereocenters. The standard InChI is InChI=1S/C31H33NO6/c33-28(6-3-19-32-31(37)25-8-7-21-4-1-2-5-24(21)20-25)22-9-13-26(14-10-22)38-27-15-11-23(12-16-27)29(34)17-18-30(35)36/h1-2,4-5,7-10,13-14,20,23,27H,3,6,11-12,15-19H2,(H,32,37)(H,35,36). The van der Waals surface area contributed by atoms with Crippen LogP contribution in [0, 0.1) is 5.92 Å². The molecule has 3 aromatic rings. The fraction of sp³-hybridized carbons (Fsp3) is 0.355. The Morgan fingerprint density at radius 1 is 0.789 bits per heavy atom. The predicted molar refractivity (Wildman–Crippen MR) is 145 cm³/mol. The Labute approximate surface area is 222 Å². The van der Waals surface area contributed by atoms with Crippen molar-refractivity contribution in [3.63, 3.8) is 0 Å². The molecule has 1 saturated carbocycles. The second kappa shape index (κ2) is 13.0. The number of ketones is 2. The molecular weight excluding hydrogens is 482 g/mol. The quantitative estimate of drug-likeness (QED) is 0.240. The van der Waals surface area contributed by atoms with Crippen LogP contribution in [0.25, 0.3) is 10.8 Å². The third kappa shape index (κ3) is 7.51. The maximum atomic E-state index is 12.6. The van der Waals surface area contributed by atoms with E-state index in [4.69, 9.17) is 9.84 Å². The number of hydrogen-bond donors (Lipinski definition) is 2. The molecule has 7 heteroatoms. The van der Waals surface area contributed by atoms with E-state index >= 15 is 0 Å². The number of nitrogens with one attached hydrogen (secondary N) is 1. The number of hydrogen-bond acceptors (Lipinski definition) is 5. The van der Waals surface area contributed by atoms with E-state index in [-0.39, 0.29) is 42.3 Å².